The topological polar surface area (TPSA) is 39.6 Å². The van der Waals surface area contributed by atoms with Crippen LogP contribution < -0.4 is 0 Å². The minimum atomic E-state index is 0.0968. The van der Waals surface area contributed by atoms with Gasteiger partial charge in [0.05, 0.1) is 11.1 Å². The predicted molar refractivity (Wildman–Crippen MR) is 166 cm³/mol. The van der Waals surface area contributed by atoms with Crippen LogP contribution in [0.1, 0.15) is 121 Å². The maximum Gasteiger partial charge on any atom is 0.100 e. The summed E-state index contributed by atoms with van der Waals surface area (Å²) in [5.74, 6) is 0. The van der Waals surface area contributed by atoms with E-state index in [0.717, 1.165) is 47.9 Å². The van der Waals surface area contributed by atoms with Gasteiger partial charge in [-0.1, -0.05) is 84.7 Å². The second kappa shape index (κ2) is 9.26. The predicted octanol–water partition coefficient (Wildman–Crippen LogP) is 10.4. The second-order valence-corrected chi connectivity index (χ2v) is 13.5. The molecule has 39 heavy (non-hydrogen) atoms. The molecule has 1 N–H and O–H groups in total. The number of rotatable bonds is 5. The lowest BCUT2D eigenvalue weighted by Gasteiger charge is -2.31. The number of aromatic amines is 1. The van der Waals surface area contributed by atoms with Gasteiger partial charge in [-0.3, -0.25) is 0 Å². The highest BCUT2D eigenvalue weighted by molar-refractivity contribution is 6.15. The van der Waals surface area contributed by atoms with E-state index in [4.69, 9.17) is 0 Å². The fraction of sp³-hybridized carbons (Fsp3) is 0.486. The minimum Gasteiger partial charge on any atom is -0.354 e. The summed E-state index contributed by atoms with van der Waals surface area (Å²) >= 11 is 0. The standard InChI is InChI=1S/C37H44N2/c1-7-36(8-2,9-3)26-16-17-30-28(22-26)32-27-18-21-37(19-10-11-20-37)33(27)29(23-38)31(34(32)39-30)24-12-14-25(15-13-24)35(4,5)6/h12-17,22,39H,7-11,18-21H2,1-6H3. The SMILES string of the molecule is CCC(CC)(CC)c1ccc2[nH]c3c(-c4ccc(C(C)(C)C)cc4)c(C#N)c4c(c3c2c1)CCC41CCCC1. The van der Waals surface area contributed by atoms with Crippen LogP contribution in [0.5, 0.6) is 0 Å². The van der Waals surface area contributed by atoms with E-state index in [0.29, 0.717) is 0 Å². The Morgan fingerprint density at radius 1 is 0.872 bits per heavy atom. The Morgan fingerprint density at radius 3 is 2.10 bits per heavy atom. The fourth-order valence-electron chi connectivity index (χ4n) is 8.32. The molecule has 2 aliphatic carbocycles. The zero-order valence-electron chi connectivity index (χ0n) is 24.9. The Bertz CT molecular complexity index is 1580. The van der Waals surface area contributed by atoms with Crippen LogP contribution in [-0.4, -0.2) is 4.98 Å². The molecule has 0 atom stereocenters. The molecule has 1 spiro atoms. The van der Waals surface area contributed by atoms with Gasteiger partial charge in [0.25, 0.3) is 0 Å². The van der Waals surface area contributed by atoms with E-state index in [1.54, 1.807) is 0 Å². The Labute approximate surface area is 234 Å². The summed E-state index contributed by atoms with van der Waals surface area (Å²) in [6, 6.07) is 19.0. The number of H-pyrrole nitrogens is 1. The Balaban J connectivity index is 1.71. The maximum absolute atomic E-state index is 10.8. The number of nitriles is 1. The molecule has 1 saturated carbocycles. The van der Waals surface area contributed by atoms with Crippen LogP contribution in [0.25, 0.3) is 32.9 Å². The summed E-state index contributed by atoms with van der Waals surface area (Å²) in [5.41, 5.74) is 11.7. The normalized spacial score (nSPS) is 16.8. The number of aromatic nitrogens is 1. The van der Waals surface area contributed by atoms with Crippen molar-refractivity contribution in [3.8, 4) is 17.2 Å². The Morgan fingerprint density at radius 2 is 1.51 bits per heavy atom. The van der Waals surface area contributed by atoms with Crippen molar-refractivity contribution in [2.75, 3.05) is 0 Å². The summed E-state index contributed by atoms with van der Waals surface area (Å²) < 4.78 is 0. The molecule has 0 bridgehead atoms. The molecule has 1 fully saturated rings. The van der Waals surface area contributed by atoms with E-state index in [-0.39, 0.29) is 16.2 Å². The van der Waals surface area contributed by atoms with E-state index in [1.165, 1.54) is 70.6 Å². The van der Waals surface area contributed by atoms with Gasteiger partial charge in [-0.2, -0.15) is 5.26 Å². The van der Waals surface area contributed by atoms with E-state index in [2.05, 4.69) is 95.1 Å². The molecule has 0 amide bonds. The third kappa shape index (κ3) is 3.80. The zero-order chi connectivity index (χ0) is 27.6. The number of aryl methyl sites for hydroxylation is 1. The van der Waals surface area contributed by atoms with Gasteiger partial charge >= 0.3 is 0 Å². The lowest BCUT2D eigenvalue weighted by atomic mass is 9.73. The van der Waals surface area contributed by atoms with Crippen molar-refractivity contribution in [1.82, 2.24) is 4.98 Å². The first-order valence-corrected chi connectivity index (χ1v) is 15.4. The fourth-order valence-corrected chi connectivity index (χ4v) is 8.32. The van der Waals surface area contributed by atoms with Crippen molar-refractivity contribution in [1.29, 1.82) is 5.26 Å². The van der Waals surface area contributed by atoms with E-state index < -0.39 is 0 Å². The molecular weight excluding hydrogens is 472 g/mol. The molecule has 6 rings (SSSR count). The molecule has 1 aromatic heterocycles. The molecule has 202 valence electrons. The van der Waals surface area contributed by atoms with Crippen molar-refractivity contribution in [3.63, 3.8) is 0 Å². The van der Waals surface area contributed by atoms with Crippen LogP contribution in [0.15, 0.2) is 42.5 Å². The smallest absolute Gasteiger partial charge is 0.100 e. The Hall–Kier alpha value is -3.05. The first-order valence-electron chi connectivity index (χ1n) is 15.4. The maximum atomic E-state index is 10.8. The first kappa shape index (κ1) is 26.2. The third-order valence-corrected chi connectivity index (χ3v) is 10.9. The van der Waals surface area contributed by atoms with Gasteiger partial charge in [-0.15, -0.1) is 0 Å². The molecule has 0 unspecified atom stereocenters. The second-order valence-electron chi connectivity index (χ2n) is 13.5. The van der Waals surface area contributed by atoms with Gasteiger partial charge in [0.2, 0.25) is 0 Å². The molecule has 0 aliphatic heterocycles. The molecule has 0 saturated heterocycles. The number of nitrogens with zero attached hydrogens (tertiary/aromatic N) is 1. The van der Waals surface area contributed by atoms with E-state index >= 15 is 0 Å². The summed E-state index contributed by atoms with van der Waals surface area (Å²) in [6.07, 6.45) is 10.7. The lowest BCUT2D eigenvalue weighted by Crippen LogP contribution is -2.23. The summed E-state index contributed by atoms with van der Waals surface area (Å²) in [5, 5.41) is 13.5. The largest absolute Gasteiger partial charge is 0.354 e. The number of fused-ring (bicyclic) bond motifs is 6. The molecule has 2 nitrogen and oxygen atoms in total. The monoisotopic (exact) mass is 516 g/mol. The van der Waals surface area contributed by atoms with E-state index in [9.17, 15) is 5.26 Å². The third-order valence-electron chi connectivity index (χ3n) is 10.9. The van der Waals surface area contributed by atoms with E-state index in [1.807, 2.05) is 0 Å². The van der Waals surface area contributed by atoms with Crippen molar-refractivity contribution in [2.24, 2.45) is 0 Å². The quantitative estimate of drug-likeness (QED) is 0.281. The summed E-state index contributed by atoms with van der Waals surface area (Å²) in [6.45, 7) is 13.8. The molecule has 2 heteroatoms. The van der Waals surface area contributed by atoms with Crippen LogP contribution in [0, 0.1) is 11.3 Å². The summed E-state index contributed by atoms with van der Waals surface area (Å²) in [7, 11) is 0. The summed E-state index contributed by atoms with van der Waals surface area (Å²) in [4.78, 5) is 3.85. The number of hydrogen-bond donors (Lipinski definition) is 1. The van der Waals surface area contributed by atoms with Crippen molar-refractivity contribution >= 4 is 21.8 Å². The molecule has 0 radical (unpaired) electrons. The van der Waals surface area contributed by atoms with Crippen molar-refractivity contribution < 1.29 is 0 Å². The van der Waals surface area contributed by atoms with Crippen LogP contribution in [-0.2, 0) is 22.7 Å². The molecular formula is C37H44N2. The Kier molecular flexibility index (Phi) is 6.22. The van der Waals surface area contributed by atoms with Gasteiger partial charge in [-0.25, -0.2) is 0 Å². The molecule has 1 heterocycles. The van der Waals surface area contributed by atoms with Crippen molar-refractivity contribution in [2.45, 2.75) is 116 Å². The highest BCUT2D eigenvalue weighted by Crippen LogP contribution is 2.56. The van der Waals surface area contributed by atoms with Gasteiger partial charge < -0.3 is 4.98 Å². The first-order chi connectivity index (χ1) is 18.7. The zero-order valence-corrected chi connectivity index (χ0v) is 24.9. The minimum absolute atomic E-state index is 0.0968. The average Bonchev–Trinajstić information content (AvgIpc) is 3.66. The molecule has 4 aromatic rings. The number of nitrogens with one attached hydrogen (secondary N) is 1. The number of hydrogen-bond acceptors (Lipinski definition) is 1. The lowest BCUT2D eigenvalue weighted by molar-refractivity contribution is 0.382. The van der Waals surface area contributed by atoms with Gasteiger partial charge in [0.15, 0.2) is 0 Å². The van der Waals surface area contributed by atoms with Crippen LogP contribution in [0.2, 0.25) is 0 Å². The van der Waals surface area contributed by atoms with Crippen LogP contribution in [0.4, 0.5) is 0 Å². The highest BCUT2D eigenvalue weighted by atomic mass is 14.7. The van der Waals surface area contributed by atoms with Gasteiger partial charge in [-0.05, 0) is 101 Å². The highest BCUT2D eigenvalue weighted by Gasteiger charge is 2.45. The molecule has 2 aliphatic rings. The number of benzene rings is 3. The van der Waals surface area contributed by atoms with Gasteiger partial charge in [0, 0.05) is 21.9 Å². The molecule has 3 aromatic carbocycles. The van der Waals surface area contributed by atoms with Crippen LogP contribution >= 0.6 is 0 Å². The van der Waals surface area contributed by atoms with Crippen LogP contribution in [0.3, 0.4) is 0 Å². The van der Waals surface area contributed by atoms with Crippen molar-refractivity contribution in [3.05, 3.63) is 70.3 Å². The van der Waals surface area contributed by atoms with Gasteiger partial charge in [0.1, 0.15) is 6.07 Å². The average molecular weight is 517 g/mol.